The predicted octanol–water partition coefficient (Wildman–Crippen LogP) is 2.44. The first-order valence-electron chi connectivity index (χ1n) is 6.81. The van der Waals surface area contributed by atoms with Crippen LogP contribution in [0.25, 0.3) is 0 Å². The van der Waals surface area contributed by atoms with Gasteiger partial charge in [-0.1, -0.05) is 6.42 Å². The van der Waals surface area contributed by atoms with Crippen LogP contribution < -0.4 is 11.1 Å². The van der Waals surface area contributed by atoms with Crippen molar-refractivity contribution >= 4 is 17.5 Å². The summed E-state index contributed by atoms with van der Waals surface area (Å²) in [6.45, 7) is 4.23. The van der Waals surface area contributed by atoms with Crippen LogP contribution in [0.3, 0.4) is 0 Å². The van der Waals surface area contributed by atoms with Gasteiger partial charge >= 0.3 is 5.97 Å². The van der Waals surface area contributed by atoms with Crippen LogP contribution in [-0.4, -0.2) is 23.6 Å². The summed E-state index contributed by atoms with van der Waals surface area (Å²) < 4.78 is 4.97. The third kappa shape index (κ3) is 2.97. The standard InChI is InChI=1S/C14H21N3O2/c1-3-19-14(18)11-7-8-16-13(12(11)15)17-9(2)10-5-4-6-10/h7-10H,3-6,15H2,1-2H3,(H,16,17). The topological polar surface area (TPSA) is 77.2 Å². The molecule has 1 aromatic rings. The zero-order valence-electron chi connectivity index (χ0n) is 11.5. The molecule has 3 N–H and O–H groups in total. The van der Waals surface area contributed by atoms with Gasteiger partial charge in [-0.15, -0.1) is 0 Å². The summed E-state index contributed by atoms with van der Waals surface area (Å²) in [4.78, 5) is 16.0. The summed E-state index contributed by atoms with van der Waals surface area (Å²) in [5.41, 5.74) is 6.74. The van der Waals surface area contributed by atoms with Gasteiger partial charge in [0.25, 0.3) is 0 Å². The van der Waals surface area contributed by atoms with Gasteiger partial charge in [0.1, 0.15) is 5.82 Å². The number of rotatable bonds is 5. The summed E-state index contributed by atoms with van der Waals surface area (Å²) in [5, 5.41) is 3.31. The fraction of sp³-hybridized carbons (Fsp3) is 0.571. The van der Waals surface area contributed by atoms with E-state index in [4.69, 9.17) is 10.5 Å². The van der Waals surface area contributed by atoms with Crippen molar-refractivity contribution in [3.05, 3.63) is 17.8 Å². The summed E-state index contributed by atoms with van der Waals surface area (Å²) >= 11 is 0. The smallest absolute Gasteiger partial charge is 0.340 e. The van der Waals surface area contributed by atoms with E-state index in [0.29, 0.717) is 35.6 Å². The number of nitrogen functional groups attached to an aromatic ring is 1. The summed E-state index contributed by atoms with van der Waals surface area (Å²) in [6, 6.07) is 1.91. The zero-order chi connectivity index (χ0) is 13.8. The minimum Gasteiger partial charge on any atom is -0.462 e. The monoisotopic (exact) mass is 263 g/mol. The van der Waals surface area contributed by atoms with Crippen molar-refractivity contribution in [3.63, 3.8) is 0 Å². The number of nitrogens with zero attached hydrogens (tertiary/aromatic N) is 1. The average Bonchev–Trinajstić information content (AvgIpc) is 2.29. The Kier molecular flexibility index (Phi) is 4.24. The third-order valence-electron chi connectivity index (χ3n) is 3.71. The number of hydrogen-bond acceptors (Lipinski definition) is 5. The van der Waals surface area contributed by atoms with Gasteiger partial charge in [-0.25, -0.2) is 9.78 Å². The first-order valence-corrected chi connectivity index (χ1v) is 6.81. The molecule has 1 aliphatic carbocycles. The highest BCUT2D eigenvalue weighted by atomic mass is 16.5. The maximum absolute atomic E-state index is 11.7. The second-order valence-electron chi connectivity index (χ2n) is 4.97. The van der Waals surface area contributed by atoms with Gasteiger partial charge < -0.3 is 15.8 Å². The number of hydrogen-bond donors (Lipinski definition) is 2. The lowest BCUT2D eigenvalue weighted by atomic mass is 9.80. The Morgan fingerprint density at radius 2 is 2.37 bits per heavy atom. The molecule has 1 saturated carbocycles. The number of carbonyl (C=O) groups excluding carboxylic acids is 1. The first kappa shape index (κ1) is 13.6. The molecule has 1 atom stereocenters. The van der Waals surface area contributed by atoms with Crippen LogP contribution in [0.1, 0.15) is 43.5 Å². The molecule has 0 spiro atoms. The van der Waals surface area contributed by atoms with Crippen molar-refractivity contribution < 1.29 is 9.53 Å². The van der Waals surface area contributed by atoms with Gasteiger partial charge in [0.05, 0.1) is 17.9 Å². The van der Waals surface area contributed by atoms with Gasteiger partial charge in [-0.3, -0.25) is 0 Å². The third-order valence-corrected chi connectivity index (χ3v) is 3.71. The van der Waals surface area contributed by atoms with Crippen LogP contribution in [0.5, 0.6) is 0 Å². The molecule has 5 heteroatoms. The van der Waals surface area contributed by atoms with Crippen molar-refractivity contribution in [2.45, 2.75) is 39.2 Å². The molecule has 1 fully saturated rings. The second kappa shape index (κ2) is 5.91. The van der Waals surface area contributed by atoms with E-state index in [0.717, 1.165) is 0 Å². The van der Waals surface area contributed by atoms with Gasteiger partial charge in [0.15, 0.2) is 0 Å². The molecular weight excluding hydrogens is 242 g/mol. The number of nitrogens with one attached hydrogen (secondary N) is 1. The van der Waals surface area contributed by atoms with E-state index in [9.17, 15) is 4.79 Å². The van der Waals surface area contributed by atoms with Crippen molar-refractivity contribution in [2.24, 2.45) is 5.92 Å². The van der Waals surface area contributed by atoms with E-state index < -0.39 is 5.97 Å². The largest absolute Gasteiger partial charge is 0.462 e. The molecule has 0 aliphatic heterocycles. The number of esters is 1. The number of carbonyl (C=O) groups is 1. The van der Waals surface area contributed by atoms with Crippen LogP contribution in [0.2, 0.25) is 0 Å². The molecule has 2 rings (SSSR count). The number of nitrogens with two attached hydrogens (primary N) is 1. The minimum absolute atomic E-state index is 0.320. The van der Waals surface area contributed by atoms with E-state index in [-0.39, 0.29) is 0 Å². The Hall–Kier alpha value is -1.78. The SMILES string of the molecule is CCOC(=O)c1ccnc(NC(C)C2CCC2)c1N. The average molecular weight is 263 g/mol. The van der Waals surface area contributed by atoms with E-state index in [1.807, 2.05) is 0 Å². The van der Waals surface area contributed by atoms with Crippen molar-refractivity contribution in [1.29, 1.82) is 0 Å². The lowest BCUT2D eigenvalue weighted by Crippen LogP contribution is -2.31. The molecule has 19 heavy (non-hydrogen) atoms. The highest BCUT2D eigenvalue weighted by molar-refractivity contribution is 5.97. The zero-order valence-corrected chi connectivity index (χ0v) is 11.5. The maximum atomic E-state index is 11.7. The van der Waals surface area contributed by atoms with Gasteiger partial charge in [0, 0.05) is 12.2 Å². The minimum atomic E-state index is -0.401. The highest BCUT2D eigenvalue weighted by Gasteiger charge is 2.25. The molecule has 0 aromatic carbocycles. The Morgan fingerprint density at radius 1 is 1.63 bits per heavy atom. The Balaban J connectivity index is 2.12. The fourth-order valence-electron chi connectivity index (χ4n) is 2.25. The lowest BCUT2D eigenvalue weighted by Gasteiger charge is -2.32. The molecule has 1 aromatic heterocycles. The summed E-state index contributed by atoms with van der Waals surface area (Å²) in [7, 11) is 0. The fourth-order valence-corrected chi connectivity index (χ4v) is 2.25. The Bertz CT molecular complexity index is 458. The van der Waals surface area contributed by atoms with Gasteiger partial charge in [-0.2, -0.15) is 0 Å². The van der Waals surface area contributed by atoms with Crippen LogP contribution >= 0.6 is 0 Å². The van der Waals surface area contributed by atoms with Crippen LogP contribution in [0, 0.1) is 5.92 Å². The Labute approximate surface area is 113 Å². The molecule has 5 nitrogen and oxygen atoms in total. The van der Waals surface area contributed by atoms with E-state index in [2.05, 4.69) is 17.2 Å². The normalized spacial score (nSPS) is 16.5. The molecule has 1 aliphatic rings. The molecule has 1 heterocycles. The van der Waals surface area contributed by atoms with Crippen molar-refractivity contribution in [1.82, 2.24) is 4.98 Å². The second-order valence-corrected chi connectivity index (χ2v) is 4.97. The van der Waals surface area contributed by atoms with Crippen molar-refractivity contribution in [3.8, 4) is 0 Å². The number of anilines is 2. The van der Waals surface area contributed by atoms with E-state index in [1.165, 1.54) is 19.3 Å². The van der Waals surface area contributed by atoms with Crippen molar-refractivity contribution in [2.75, 3.05) is 17.7 Å². The van der Waals surface area contributed by atoms with E-state index >= 15 is 0 Å². The number of pyridine rings is 1. The molecule has 1 unspecified atom stereocenters. The van der Waals surface area contributed by atoms with Gasteiger partial charge in [0.2, 0.25) is 0 Å². The van der Waals surface area contributed by atoms with E-state index in [1.54, 1.807) is 19.2 Å². The molecule has 0 amide bonds. The number of aromatic nitrogens is 1. The van der Waals surface area contributed by atoms with Crippen LogP contribution in [0.15, 0.2) is 12.3 Å². The molecule has 0 saturated heterocycles. The first-order chi connectivity index (χ1) is 9.13. The van der Waals surface area contributed by atoms with Gasteiger partial charge in [-0.05, 0) is 38.7 Å². The summed E-state index contributed by atoms with van der Waals surface area (Å²) in [6.07, 6.45) is 5.36. The molecule has 0 bridgehead atoms. The predicted molar refractivity (Wildman–Crippen MR) is 75.0 cm³/mol. The Morgan fingerprint density at radius 3 is 2.95 bits per heavy atom. The van der Waals surface area contributed by atoms with Crippen LogP contribution in [-0.2, 0) is 4.74 Å². The summed E-state index contributed by atoms with van der Waals surface area (Å²) in [5.74, 6) is 0.846. The lowest BCUT2D eigenvalue weighted by molar-refractivity contribution is 0.0527. The highest BCUT2D eigenvalue weighted by Crippen LogP contribution is 2.32. The molecule has 0 radical (unpaired) electrons. The van der Waals surface area contributed by atoms with Crippen LogP contribution in [0.4, 0.5) is 11.5 Å². The maximum Gasteiger partial charge on any atom is 0.340 e. The molecular formula is C14H21N3O2. The molecule has 104 valence electrons. The quantitative estimate of drug-likeness (QED) is 0.798. The number of ether oxygens (including phenoxy) is 1.